The van der Waals surface area contributed by atoms with E-state index in [4.69, 9.17) is 5.21 Å². The molecule has 1 aromatic heterocycles. The minimum atomic E-state index is -4.69. The lowest BCUT2D eigenvalue weighted by Gasteiger charge is -2.18. The monoisotopic (exact) mass is 315 g/mol. The summed E-state index contributed by atoms with van der Waals surface area (Å²) in [5.74, 6) is -0.574. The molecular formula is C13H12F3N3O3. The molecule has 0 spiro atoms. The van der Waals surface area contributed by atoms with Crippen molar-refractivity contribution in [3.63, 3.8) is 0 Å². The number of nitrogens with one attached hydrogen (secondary N) is 1. The number of rotatable bonds is 3. The molecule has 0 fully saturated rings. The molecule has 2 rings (SSSR count). The molecule has 1 aromatic carbocycles. The Morgan fingerprint density at radius 1 is 1.41 bits per heavy atom. The van der Waals surface area contributed by atoms with Crippen LogP contribution >= 0.6 is 0 Å². The fraction of sp³-hybridized carbons (Fsp3) is 0.231. The number of methoxy groups -OCH3 is 1. The van der Waals surface area contributed by atoms with Gasteiger partial charge in [0.15, 0.2) is 0 Å². The summed E-state index contributed by atoms with van der Waals surface area (Å²) in [7, 11) is 1.09. The van der Waals surface area contributed by atoms with Gasteiger partial charge in [-0.3, -0.25) is 10.7 Å². The summed E-state index contributed by atoms with van der Waals surface area (Å²) in [4.78, 5) is 15.5. The van der Waals surface area contributed by atoms with Gasteiger partial charge in [-0.1, -0.05) is 0 Å². The quantitative estimate of drug-likeness (QED) is 0.673. The fourth-order valence-electron chi connectivity index (χ4n) is 2.02. The normalized spacial score (nSPS) is 11.4. The van der Waals surface area contributed by atoms with Crippen molar-refractivity contribution in [2.75, 3.05) is 12.6 Å². The van der Waals surface area contributed by atoms with Crippen molar-refractivity contribution in [3.05, 3.63) is 41.5 Å². The molecule has 0 radical (unpaired) electrons. The second-order valence-corrected chi connectivity index (χ2v) is 4.36. The Morgan fingerprint density at radius 3 is 2.55 bits per heavy atom. The van der Waals surface area contributed by atoms with Gasteiger partial charge in [0, 0.05) is 12.4 Å². The van der Waals surface area contributed by atoms with Crippen molar-refractivity contribution in [2.45, 2.75) is 13.1 Å². The number of carbonyl (C=O) groups excluding carboxylic acids is 1. The highest BCUT2D eigenvalue weighted by atomic mass is 19.4. The lowest BCUT2D eigenvalue weighted by Crippen LogP contribution is -2.15. The number of hydrogen-bond acceptors (Lipinski definition) is 5. The molecule has 22 heavy (non-hydrogen) atoms. The number of imidazole rings is 1. The van der Waals surface area contributed by atoms with Gasteiger partial charge in [-0.25, -0.2) is 9.78 Å². The van der Waals surface area contributed by atoms with E-state index >= 15 is 0 Å². The Kier molecular flexibility index (Phi) is 4.09. The number of alkyl halides is 3. The Hall–Kier alpha value is -2.55. The second-order valence-electron chi connectivity index (χ2n) is 4.36. The van der Waals surface area contributed by atoms with Crippen LogP contribution in [-0.2, 0) is 10.9 Å². The Balaban J connectivity index is 2.79. The minimum absolute atomic E-state index is 0.235. The molecule has 118 valence electrons. The Bertz CT molecular complexity index is 710. The first kappa shape index (κ1) is 15.8. The first-order valence-electron chi connectivity index (χ1n) is 6.03. The molecule has 0 bridgehead atoms. The van der Waals surface area contributed by atoms with E-state index in [1.165, 1.54) is 23.9 Å². The van der Waals surface area contributed by atoms with Crippen LogP contribution in [-0.4, -0.2) is 27.8 Å². The van der Waals surface area contributed by atoms with Gasteiger partial charge in [0.1, 0.15) is 5.82 Å². The van der Waals surface area contributed by atoms with Crippen LogP contribution < -0.4 is 5.48 Å². The van der Waals surface area contributed by atoms with E-state index in [1.54, 1.807) is 5.48 Å². The molecule has 2 aromatic rings. The third-order valence-corrected chi connectivity index (χ3v) is 3.05. The van der Waals surface area contributed by atoms with Gasteiger partial charge in [0.05, 0.1) is 29.6 Å². The van der Waals surface area contributed by atoms with Gasteiger partial charge in [0.2, 0.25) is 0 Å². The number of aryl methyl sites for hydroxylation is 1. The summed E-state index contributed by atoms with van der Waals surface area (Å²) in [6, 6.07) is 1.63. The average molecular weight is 315 g/mol. The zero-order chi connectivity index (χ0) is 16.5. The lowest BCUT2D eigenvalue weighted by atomic mass is 10.1. The van der Waals surface area contributed by atoms with Crippen molar-refractivity contribution in [1.29, 1.82) is 0 Å². The fourth-order valence-corrected chi connectivity index (χ4v) is 2.02. The molecule has 0 aliphatic carbocycles. The highest BCUT2D eigenvalue weighted by Crippen LogP contribution is 2.37. The third-order valence-electron chi connectivity index (χ3n) is 3.05. The maximum absolute atomic E-state index is 13.2. The first-order valence-corrected chi connectivity index (χ1v) is 6.03. The van der Waals surface area contributed by atoms with E-state index in [0.717, 1.165) is 13.2 Å². The topological polar surface area (TPSA) is 76.4 Å². The van der Waals surface area contributed by atoms with Crippen molar-refractivity contribution in [3.8, 4) is 5.69 Å². The summed E-state index contributed by atoms with van der Waals surface area (Å²) >= 11 is 0. The second kappa shape index (κ2) is 5.68. The SMILES string of the molecule is COC(=O)c1cc(-n2ccnc2C)c(C(F)(F)F)cc1NO. The summed E-state index contributed by atoms with van der Waals surface area (Å²) in [5, 5.41) is 8.98. The largest absolute Gasteiger partial charge is 0.465 e. The van der Waals surface area contributed by atoms with Crippen LogP contribution in [0.25, 0.3) is 5.69 Å². The number of aromatic nitrogens is 2. The maximum Gasteiger partial charge on any atom is 0.418 e. The van der Waals surface area contributed by atoms with Gasteiger partial charge in [-0.05, 0) is 19.1 Å². The summed E-state index contributed by atoms with van der Waals surface area (Å²) in [6.07, 6.45) is -2.01. The molecule has 0 saturated carbocycles. The number of halogens is 3. The third kappa shape index (κ3) is 2.75. The van der Waals surface area contributed by atoms with Crippen LogP contribution in [0.1, 0.15) is 21.7 Å². The highest BCUT2D eigenvalue weighted by Gasteiger charge is 2.36. The summed E-state index contributed by atoms with van der Waals surface area (Å²) in [5.41, 5.74) is -0.372. The Morgan fingerprint density at radius 2 is 2.09 bits per heavy atom. The minimum Gasteiger partial charge on any atom is -0.465 e. The molecule has 0 aliphatic heterocycles. The van der Waals surface area contributed by atoms with Gasteiger partial charge in [0.25, 0.3) is 0 Å². The molecule has 2 N–H and O–H groups in total. The van der Waals surface area contributed by atoms with Crippen LogP contribution in [0.2, 0.25) is 0 Å². The van der Waals surface area contributed by atoms with Gasteiger partial charge < -0.3 is 9.30 Å². The van der Waals surface area contributed by atoms with E-state index in [2.05, 4.69) is 9.72 Å². The number of nitrogens with zero attached hydrogens (tertiary/aromatic N) is 2. The maximum atomic E-state index is 13.2. The van der Waals surface area contributed by atoms with Crippen molar-refractivity contribution in [2.24, 2.45) is 0 Å². The number of hydrogen-bond donors (Lipinski definition) is 2. The van der Waals surface area contributed by atoms with E-state index in [1.807, 2.05) is 0 Å². The van der Waals surface area contributed by atoms with Gasteiger partial charge in [-0.2, -0.15) is 13.2 Å². The molecule has 1 heterocycles. The number of esters is 1. The number of benzene rings is 1. The van der Waals surface area contributed by atoms with E-state index in [-0.39, 0.29) is 11.3 Å². The molecule has 0 atom stereocenters. The molecule has 0 aliphatic rings. The molecule has 9 heteroatoms. The zero-order valence-electron chi connectivity index (χ0n) is 11.6. The van der Waals surface area contributed by atoms with Crippen molar-refractivity contribution in [1.82, 2.24) is 9.55 Å². The predicted octanol–water partition coefficient (Wildman–Crippen LogP) is 2.79. The van der Waals surface area contributed by atoms with Gasteiger partial charge in [-0.15, -0.1) is 0 Å². The molecule has 0 saturated heterocycles. The average Bonchev–Trinajstić information content (AvgIpc) is 2.90. The standard InChI is InChI=1S/C13H12F3N3O3/c1-7-17-3-4-19(7)11-5-8(12(20)22-2)10(18-21)6-9(11)13(14,15)16/h3-6,18,21H,1-2H3. The van der Waals surface area contributed by atoms with Gasteiger partial charge >= 0.3 is 12.1 Å². The predicted molar refractivity (Wildman–Crippen MR) is 70.1 cm³/mol. The number of anilines is 1. The molecule has 6 nitrogen and oxygen atoms in total. The Labute approximate surface area is 123 Å². The van der Waals surface area contributed by atoms with E-state index in [9.17, 15) is 18.0 Å². The number of ether oxygens (including phenoxy) is 1. The van der Waals surface area contributed by atoms with Crippen molar-refractivity contribution < 1.29 is 27.9 Å². The first-order chi connectivity index (χ1) is 10.3. The molecular weight excluding hydrogens is 303 g/mol. The zero-order valence-corrected chi connectivity index (χ0v) is 11.6. The summed E-state index contributed by atoms with van der Waals surface area (Å²) in [6.45, 7) is 1.52. The lowest BCUT2D eigenvalue weighted by molar-refractivity contribution is -0.137. The van der Waals surface area contributed by atoms with Crippen LogP contribution in [0.3, 0.4) is 0 Å². The van der Waals surface area contributed by atoms with Crippen LogP contribution in [0, 0.1) is 6.92 Å². The van der Waals surface area contributed by atoms with Crippen LogP contribution in [0.5, 0.6) is 0 Å². The van der Waals surface area contributed by atoms with Crippen LogP contribution in [0.4, 0.5) is 18.9 Å². The van der Waals surface area contributed by atoms with Crippen LogP contribution in [0.15, 0.2) is 24.5 Å². The number of carbonyl (C=O) groups is 1. The van der Waals surface area contributed by atoms with Crippen molar-refractivity contribution >= 4 is 11.7 Å². The van der Waals surface area contributed by atoms with E-state index < -0.39 is 23.4 Å². The highest BCUT2D eigenvalue weighted by molar-refractivity contribution is 5.96. The molecule has 0 amide bonds. The smallest absolute Gasteiger partial charge is 0.418 e. The summed E-state index contributed by atoms with van der Waals surface area (Å²) < 4.78 is 45.4. The van der Waals surface area contributed by atoms with E-state index in [0.29, 0.717) is 11.9 Å². The molecule has 0 unspecified atom stereocenters.